The molecular formula is C14H13F3N2O2. The molecule has 0 aliphatic rings. The van der Waals surface area contributed by atoms with Crippen molar-refractivity contribution in [1.29, 1.82) is 0 Å². The first kappa shape index (κ1) is 15.2. The van der Waals surface area contributed by atoms with Crippen LogP contribution in [0.2, 0.25) is 0 Å². The van der Waals surface area contributed by atoms with Gasteiger partial charge in [-0.1, -0.05) is 0 Å². The number of aliphatic hydroxyl groups is 1. The molecule has 0 bridgehead atoms. The monoisotopic (exact) mass is 298 g/mol. The fourth-order valence-electron chi connectivity index (χ4n) is 2.04. The highest BCUT2D eigenvalue weighted by atomic mass is 19.4. The van der Waals surface area contributed by atoms with Gasteiger partial charge in [0.05, 0.1) is 18.8 Å². The average Bonchev–Trinajstić information content (AvgIpc) is 2.40. The standard InChI is InChI=1S/C14H13F3N2O2/c1-9-4-5-18-12(10(9)8-20)7-19-6-2-3-11(13(19)21)14(15,16)17/h2-6,20H,7-8H2,1H3. The summed E-state index contributed by atoms with van der Waals surface area (Å²) >= 11 is 0. The third kappa shape index (κ3) is 3.13. The van der Waals surface area contributed by atoms with E-state index in [-0.39, 0.29) is 13.2 Å². The Morgan fingerprint density at radius 1 is 1.33 bits per heavy atom. The Morgan fingerprint density at radius 2 is 2.05 bits per heavy atom. The molecule has 7 heteroatoms. The van der Waals surface area contributed by atoms with Crippen molar-refractivity contribution in [2.45, 2.75) is 26.3 Å². The molecule has 21 heavy (non-hydrogen) atoms. The number of hydrogen-bond acceptors (Lipinski definition) is 3. The van der Waals surface area contributed by atoms with Crippen LogP contribution in [0.15, 0.2) is 35.4 Å². The van der Waals surface area contributed by atoms with Gasteiger partial charge in [0.25, 0.3) is 5.56 Å². The van der Waals surface area contributed by atoms with E-state index < -0.39 is 17.3 Å². The van der Waals surface area contributed by atoms with Crippen molar-refractivity contribution < 1.29 is 18.3 Å². The zero-order chi connectivity index (χ0) is 15.6. The summed E-state index contributed by atoms with van der Waals surface area (Å²) in [6.07, 6.45) is -1.94. The molecule has 0 atom stereocenters. The number of aromatic nitrogens is 2. The van der Waals surface area contributed by atoms with Gasteiger partial charge in [0.15, 0.2) is 0 Å². The molecule has 112 valence electrons. The highest BCUT2D eigenvalue weighted by Crippen LogP contribution is 2.26. The zero-order valence-electron chi connectivity index (χ0n) is 11.2. The predicted molar refractivity (Wildman–Crippen MR) is 69.7 cm³/mol. The van der Waals surface area contributed by atoms with E-state index in [9.17, 15) is 23.1 Å². The molecule has 0 unspecified atom stereocenters. The van der Waals surface area contributed by atoms with Crippen LogP contribution in [0.25, 0.3) is 0 Å². The summed E-state index contributed by atoms with van der Waals surface area (Å²) in [5.74, 6) is 0. The predicted octanol–water partition coefficient (Wildman–Crippen LogP) is 2.11. The number of nitrogens with zero attached hydrogens (tertiary/aromatic N) is 2. The minimum absolute atomic E-state index is 0.125. The molecule has 1 N–H and O–H groups in total. The van der Waals surface area contributed by atoms with Gasteiger partial charge in [0, 0.05) is 18.0 Å². The number of pyridine rings is 2. The maximum Gasteiger partial charge on any atom is 0.421 e. The first-order chi connectivity index (χ1) is 9.84. The minimum Gasteiger partial charge on any atom is -0.392 e. The molecule has 0 fully saturated rings. The molecule has 0 aromatic carbocycles. The average molecular weight is 298 g/mol. The largest absolute Gasteiger partial charge is 0.421 e. The van der Waals surface area contributed by atoms with E-state index in [4.69, 9.17) is 0 Å². The maximum atomic E-state index is 12.7. The molecule has 0 aliphatic heterocycles. The Balaban J connectivity index is 2.47. The van der Waals surface area contributed by atoms with Crippen molar-refractivity contribution in [2.24, 2.45) is 0 Å². The third-order valence-corrected chi connectivity index (χ3v) is 3.18. The van der Waals surface area contributed by atoms with Crippen LogP contribution in [0.3, 0.4) is 0 Å². The van der Waals surface area contributed by atoms with Crippen LogP contribution >= 0.6 is 0 Å². The molecule has 0 amide bonds. The smallest absolute Gasteiger partial charge is 0.392 e. The number of aliphatic hydroxyl groups excluding tert-OH is 1. The zero-order valence-corrected chi connectivity index (χ0v) is 11.2. The van der Waals surface area contributed by atoms with E-state index in [1.54, 1.807) is 13.0 Å². The quantitative estimate of drug-likeness (QED) is 0.944. The third-order valence-electron chi connectivity index (χ3n) is 3.18. The molecule has 0 radical (unpaired) electrons. The maximum absolute atomic E-state index is 12.7. The van der Waals surface area contributed by atoms with Gasteiger partial charge in [0.1, 0.15) is 5.56 Å². The second-order valence-electron chi connectivity index (χ2n) is 4.56. The van der Waals surface area contributed by atoms with Crippen LogP contribution in [0, 0.1) is 6.92 Å². The normalized spacial score (nSPS) is 11.7. The summed E-state index contributed by atoms with van der Waals surface area (Å²) in [6, 6.07) is 3.60. The number of alkyl halides is 3. The Labute approximate surface area is 118 Å². The molecule has 2 aromatic heterocycles. The molecular weight excluding hydrogens is 285 g/mol. The van der Waals surface area contributed by atoms with Crippen molar-refractivity contribution in [2.75, 3.05) is 0 Å². The topological polar surface area (TPSA) is 55.1 Å². The summed E-state index contributed by atoms with van der Waals surface area (Å²) < 4.78 is 39.1. The lowest BCUT2D eigenvalue weighted by Gasteiger charge is -2.13. The lowest BCUT2D eigenvalue weighted by atomic mass is 10.1. The van der Waals surface area contributed by atoms with E-state index >= 15 is 0 Å². The fraction of sp³-hybridized carbons (Fsp3) is 0.286. The molecule has 2 aromatic rings. The summed E-state index contributed by atoms with van der Waals surface area (Å²) in [5, 5.41) is 9.32. The molecule has 2 heterocycles. The van der Waals surface area contributed by atoms with Crippen LogP contribution in [-0.2, 0) is 19.3 Å². The Morgan fingerprint density at radius 3 is 2.67 bits per heavy atom. The van der Waals surface area contributed by atoms with E-state index in [1.165, 1.54) is 18.5 Å². The second-order valence-corrected chi connectivity index (χ2v) is 4.56. The van der Waals surface area contributed by atoms with E-state index in [0.717, 1.165) is 16.2 Å². The van der Waals surface area contributed by atoms with Gasteiger partial charge in [-0.15, -0.1) is 0 Å². The van der Waals surface area contributed by atoms with Crippen LogP contribution < -0.4 is 5.56 Å². The van der Waals surface area contributed by atoms with Gasteiger partial charge in [-0.2, -0.15) is 13.2 Å². The summed E-state index contributed by atoms with van der Waals surface area (Å²) in [7, 11) is 0. The Hall–Kier alpha value is -2.15. The highest BCUT2D eigenvalue weighted by molar-refractivity contribution is 5.28. The summed E-state index contributed by atoms with van der Waals surface area (Å²) in [6.45, 7) is 1.34. The Kier molecular flexibility index (Phi) is 4.13. The number of rotatable bonds is 3. The van der Waals surface area contributed by atoms with Crippen LogP contribution in [0.4, 0.5) is 13.2 Å². The first-order valence-electron chi connectivity index (χ1n) is 6.15. The fourth-order valence-corrected chi connectivity index (χ4v) is 2.04. The Bertz CT molecular complexity index is 708. The minimum atomic E-state index is -4.69. The molecule has 2 rings (SSSR count). The van der Waals surface area contributed by atoms with Gasteiger partial charge in [-0.05, 0) is 30.7 Å². The lowest BCUT2D eigenvalue weighted by Crippen LogP contribution is -2.28. The number of aryl methyl sites for hydroxylation is 1. The van der Waals surface area contributed by atoms with Gasteiger partial charge < -0.3 is 9.67 Å². The molecule has 0 spiro atoms. The van der Waals surface area contributed by atoms with Gasteiger partial charge in [0.2, 0.25) is 0 Å². The number of hydrogen-bond donors (Lipinski definition) is 1. The molecule has 4 nitrogen and oxygen atoms in total. The van der Waals surface area contributed by atoms with Crippen LogP contribution in [0.5, 0.6) is 0 Å². The highest BCUT2D eigenvalue weighted by Gasteiger charge is 2.34. The van der Waals surface area contributed by atoms with Crippen molar-refractivity contribution >= 4 is 0 Å². The molecule has 0 saturated carbocycles. The first-order valence-corrected chi connectivity index (χ1v) is 6.15. The molecule has 0 aliphatic carbocycles. The number of halogens is 3. The van der Waals surface area contributed by atoms with E-state index in [2.05, 4.69) is 4.98 Å². The van der Waals surface area contributed by atoms with Crippen LogP contribution in [0.1, 0.15) is 22.4 Å². The van der Waals surface area contributed by atoms with Crippen molar-refractivity contribution in [3.05, 3.63) is 63.3 Å². The lowest BCUT2D eigenvalue weighted by molar-refractivity contribution is -0.138. The summed E-state index contributed by atoms with van der Waals surface area (Å²) in [5.41, 5.74) is -0.691. The van der Waals surface area contributed by atoms with Gasteiger partial charge >= 0.3 is 6.18 Å². The summed E-state index contributed by atoms with van der Waals surface area (Å²) in [4.78, 5) is 15.9. The van der Waals surface area contributed by atoms with Crippen molar-refractivity contribution in [1.82, 2.24) is 9.55 Å². The van der Waals surface area contributed by atoms with Crippen molar-refractivity contribution in [3.8, 4) is 0 Å². The van der Waals surface area contributed by atoms with Crippen molar-refractivity contribution in [3.63, 3.8) is 0 Å². The van der Waals surface area contributed by atoms with E-state index in [0.29, 0.717) is 11.3 Å². The van der Waals surface area contributed by atoms with E-state index in [1.807, 2.05) is 0 Å². The van der Waals surface area contributed by atoms with Gasteiger partial charge in [-0.3, -0.25) is 9.78 Å². The second kappa shape index (κ2) is 5.69. The molecule has 0 saturated heterocycles. The van der Waals surface area contributed by atoms with Gasteiger partial charge in [-0.25, -0.2) is 0 Å². The van der Waals surface area contributed by atoms with Crippen LogP contribution in [-0.4, -0.2) is 14.7 Å². The SMILES string of the molecule is Cc1ccnc(Cn2cccc(C(F)(F)F)c2=O)c1CO.